The molecule has 0 aliphatic rings. The zero-order chi connectivity index (χ0) is 13.4. The molecular weight excluding hydrogens is 242 g/mol. The molecule has 3 nitrogen and oxygen atoms in total. The van der Waals surface area contributed by atoms with Crippen LogP contribution in [0.3, 0.4) is 0 Å². The fraction of sp³-hybridized carbons (Fsp3) is 0.714. The molecule has 1 aromatic rings. The molecule has 0 saturated heterocycles. The molecule has 0 unspecified atom stereocenters. The predicted octanol–water partition coefficient (Wildman–Crippen LogP) is 4.00. The highest BCUT2D eigenvalue weighted by Gasteiger charge is 2.05. The second kappa shape index (κ2) is 8.35. The first kappa shape index (κ1) is 15.3. The number of hydrogen-bond donors (Lipinski definition) is 1. The van der Waals surface area contributed by atoms with E-state index in [9.17, 15) is 0 Å². The molecule has 1 N–H and O–H groups in total. The molecule has 0 radical (unpaired) electrons. The van der Waals surface area contributed by atoms with Crippen LogP contribution >= 0.6 is 11.8 Å². The highest BCUT2D eigenvalue weighted by molar-refractivity contribution is 7.99. The van der Waals surface area contributed by atoms with Gasteiger partial charge in [-0.3, -0.25) is 0 Å². The number of nitrogens with zero attached hydrogens (tertiary/aromatic N) is 2. The molecule has 1 rings (SSSR count). The number of thioether (sulfide) groups is 1. The van der Waals surface area contributed by atoms with Gasteiger partial charge in [0.25, 0.3) is 0 Å². The van der Waals surface area contributed by atoms with E-state index in [0.717, 1.165) is 47.7 Å². The quantitative estimate of drug-likeness (QED) is 0.570. The van der Waals surface area contributed by atoms with Crippen LogP contribution in [0.15, 0.2) is 11.1 Å². The van der Waals surface area contributed by atoms with Crippen LogP contribution in [0.1, 0.15) is 46.4 Å². The number of aryl methyl sites for hydroxylation is 1. The van der Waals surface area contributed by atoms with Crippen LogP contribution in [0.25, 0.3) is 0 Å². The molecule has 0 fully saturated rings. The third-order valence-corrected chi connectivity index (χ3v) is 3.47. The number of hydrogen-bond acceptors (Lipinski definition) is 4. The zero-order valence-electron chi connectivity index (χ0n) is 12.0. The van der Waals surface area contributed by atoms with Gasteiger partial charge in [-0.2, -0.15) is 0 Å². The Balaban J connectivity index is 2.69. The van der Waals surface area contributed by atoms with Gasteiger partial charge in [0, 0.05) is 19.0 Å². The Bertz CT molecular complexity index is 329. The first-order valence-corrected chi connectivity index (χ1v) is 7.88. The molecule has 18 heavy (non-hydrogen) atoms. The van der Waals surface area contributed by atoms with Gasteiger partial charge in [0.15, 0.2) is 0 Å². The van der Waals surface area contributed by atoms with Crippen LogP contribution in [-0.2, 0) is 6.42 Å². The molecule has 0 aliphatic heterocycles. The SMILES string of the molecule is CCCc1nc(NCC)cc(SCCC(C)C)n1. The number of aromatic nitrogens is 2. The second-order valence-corrected chi connectivity index (χ2v) is 5.93. The lowest BCUT2D eigenvalue weighted by atomic mass is 10.2. The summed E-state index contributed by atoms with van der Waals surface area (Å²) in [6.07, 6.45) is 3.27. The van der Waals surface area contributed by atoms with Gasteiger partial charge in [0.05, 0.1) is 0 Å². The summed E-state index contributed by atoms with van der Waals surface area (Å²) in [6, 6.07) is 2.06. The molecule has 1 heterocycles. The van der Waals surface area contributed by atoms with Crippen molar-refractivity contribution in [2.45, 2.75) is 52.0 Å². The largest absolute Gasteiger partial charge is 0.370 e. The van der Waals surface area contributed by atoms with Crippen LogP contribution in [0, 0.1) is 5.92 Å². The normalized spacial score (nSPS) is 10.9. The van der Waals surface area contributed by atoms with Crippen molar-refractivity contribution in [3.8, 4) is 0 Å². The maximum atomic E-state index is 4.61. The molecule has 0 saturated carbocycles. The van der Waals surface area contributed by atoms with Gasteiger partial charge in [-0.05, 0) is 31.4 Å². The van der Waals surface area contributed by atoms with Gasteiger partial charge in [-0.25, -0.2) is 9.97 Å². The summed E-state index contributed by atoms with van der Waals surface area (Å²) in [6.45, 7) is 9.67. The van der Waals surface area contributed by atoms with E-state index in [1.807, 2.05) is 11.8 Å². The lowest BCUT2D eigenvalue weighted by Crippen LogP contribution is -2.04. The van der Waals surface area contributed by atoms with Crippen molar-refractivity contribution in [2.75, 3.05) is 17.6 Å². The lowest BCUT2D eigenvalue weighted by molar-refractivity contribution is 0.632. The fourth-order valence-electron chi connectivity index (χ4n) is 1.55. The standard InChI is InChI=1S/C14H25N3S/c1-5-7-12-16-13(15-6-2)10-14(17-12)18-9-8-11(3)4/h10-11H,5-9H2,1-4H3,(H,15,16,17). The Labute approximate surface area is 115 Å². The maximum absolute atomic E-state index is 4.61. The van der Waals surface area contributed by atoms with Crippen LogP contribution in [-0.4, -0.2) is 22.3 Å². The molecule has 102 valence electrons. The monoisotopic (exact) mass is 267 g/mol. The Morgan fingerprint density at radius 1 is 1.28 bits per heavy atom. The minimum absolute atomic E-state index is 0.752. The zero-order valence-corrected chi connectivity index (χ0v) is 12.8. The first-order chi connectivity index (χ1) is 8.65. The van der Waals surface area contributed by atoms with Crippen LogP contribution < -0.4 is 5.32 Å². The first-order valence-electron chi connectivity index (χ1n) is 6.90. The minimum atomic E-state index is 0.752. The van der Waals surface area contributed by atoms with E-state index in [4.69, 9.17) is 0 Å². The van der Waals surface area contributed by atoms with Crippen molar-refractivity contribution in [2.24, 2.45) is 5.92 Å². The predicted molar refractivity (Wildman–Crippen MR) is 80.4 cm³/mol. The van der Waals surface area contributed by atoms with Crippen molar-refractivity contribution < 1.29 is 0 Å². The van der Waals surface area contributed by atoms with Crippen molar-refractivity contribution >= 4 is 17.6 Å². The lowest BCUT2D eigenvalue weighted by Gasteiger charge is -2.09. The number of nitrogens with one attached hydrogen (secondary N) is 1. The fourth-order valence-corrected chi connectivity index (χ4v) is 2.72. The third-order valence-electron chi connectivity index (χ3n) is 2.53. The van der Waals surface area contributed by atoms with Crippen molar-refractivity contribution in [1.29, 1.82) is 0 Å². The molecule has 0 aromatic carbocycles. The average Bonchev–Trinajstić information content (AvgIpc) is 2.29. The molecule has 0 spiro atoms. The van der Waals surface area contributed by atoms with Gasteiger partial charge in [0.1, 0.15) is 16.7 Å². The van der Waals surface area contributed by atoms with E-state index >= 15 is 0 Å². The minimum Gasteiger partial charge on any atom is -0.370 e. The van der Waals surface area contributed by atoms with Crippen molar-refractivity contribution in [3.63, 3.8) is 0 Å². The molecule has 0 aliphatic carbocycles. The van der Waals surface area contributed by atoms with Gasteiger partial charge >= 0.3 is 0 Å². The highest BCUT2D eigenvalue weighted by atomic mass is 32.2. The summed E-state index contributed by atoms with van der Waals surface area (Å²) in [5.74, 6) is 3.81. The van der Waals surface area contributed by atoms with Gasteiger partial charge in [0.2, 0.25) is 0 Å². The molecule has 0 atom stereocenters. The molecule has 1 aromatic heterocycles. The molecule has 4 heteroatoms. The van der Waals surface area contributed by atoms with Crippen LogP contribution in [0.5, 0.6) is 0 Å². The Morgan fingerprint density at radius 2 is 2.06 bits per heavy atom. The highest BCUT2D eigenvalue weighted by Crippen LogP contribution is 2.21. The average molecular weight is 267 g/mol. The smallest absolute Gasteiger partial charge is 0.132 e. The molecular formula is C14H25N3S. The van der Waals surface area contributed by atoms with E-state index in [1.165, 1.54) is 6.42 Å². The van der Waals surface area contributed by atoms with E-state index < -0.39 is 0 Å². The topological polar surface area (TPSA) is 37.8 Å². The summed E-state index contributed by atoms with van der Waals surface area (Å²) in [7, 11) is 0. The summed E-state index contributed by atoms with van der Waals surface area (Å²) in [5, 5.41) is 4.38. The maximum Gasteiger partial charge on any atom is 0.132 e. The molecule has 0 amide bonds. The third kappa shape index (κ3) is 5.71. The van der Waals surface area contributed by atoms with Crippen molar-refractivity contribution in [1.82, 2.24) is 9.97 Å². The van der Waals surface area contributed by atoms with Gasteiger partial charge in [-0.1, -0.05) is 20.8 Å². The van der Waals surface area contributed by atoms with E-state index in [1.54, 1.807) is 0 Å². The Morgan fingerprint density at radius 3 is 2.67 bits per heavy atom. The Hall–Kier alpha value is -0.770. The van der Waals surface area contributed by atoms with Gasteiger partial charge < -0.3 is 5.32 Å². The summed E-state index contributed by atoms with van der Waals surface area (Å²) >= 11 is 1.84. The van der Waals surface area contributed by atoms with Crippen LogP contribution in [0.4, 0.5) is 5.82 Å². The van der Waals surface area contributed by atoms with E-state index in [0.29, 0.717) is 0 Å². The number of rotatable bonds is 8. The van der Waals surface area contributed by atoms with Crippen molar-refractivity contribution in [3.05, 3.63) is 11.9 Å². The van der Waals surface area contributed by atoms with Crippen LogP contribution in [0.2, 0.25) is 0 Å². The van der Waals surface area contributed by atoms with E-state index in [2.05, 4.69) is 49.0 Å². The summed E-state index contributed by atoms with van der Waals surface area (Å²) < 4.78 is 0. The summed E-state index contributed by atoms with van der Waals surface area (Å²) in [4.78, 5) is 9.13. The summed E-state index contributed by atoms with van der Waals surface area (Å²) in [5.41, 5.74) is 0. The Kier molecular flexibility index (Phi) is 7.09. The molecule has 0 bridgehead atoms. The van der Waals surface area contributed by atoms with Gasteiger partial charge in [-0.15, -0.1) is 11.8 Å². The van der Waals surface area contributed by atoms with E-state index in [-0.39, 0.29) is 0 Å². The second-order valence-electron chi connectivity index (χ2n) is 4.82. The number of anilines is 1.